The van der Waals surface area contributed by atoms with Crippen molar-refractivity contribution < 1.29 is 18.3 Å². The van der Waals surface area contributed by atoms with Crippen molar-refractivity contribution in [1.82, 2.24) is 10.2 Å². The first-order valence-corrected chi connectivity index (χ1v) is 7.17. The molecule has 1 aromatic heterocycles. The molecule has 0 aromatic carbocycles. The molecule has 1 aromatic rings. The van der Waals surface area contributed by atoms with E-state index in [0.717, 1.165) is 0 Å². The van der Waals surface area contributed by atoms with Gasteiger partial charge in [-0.1, -0.05) is 12.7 Å². The van der Waals surface area contributed by atoms with Gasteiger partial charge in [-0.15, -0.1) is 10.2 Å². The lowest BCUT2D eigenvalue weighted by Gasteiger charge is -2.16. The standard InChI is InChI=1S/C9H13N2O4PS/c1-4-7-14-8-5-6-9(11-10-8)15-16(17,12-2)13-3/h4-6H,1,7H2,2-3H3. The first kappa shape index (κ1) is 14.1. The molecule has 8 heteroatoms. The van der Waals surface area contributed by atoms with Crippen molar-refractivity contribution in [2.24, 2.45) is 0 Å². The molecule has 1 heterocycles. The highest BCUT2D eigenvalue weighted by Gasteiger charge is 2.19. The number of aromatic nitrogens is 2. The summed E-state index contributed by atoms with van der Waals surface area (Å²) in [5.74, 6) is 0.600. The molecule has 6 nitrogen and oxygen atoms in total. The second-order valence-corrected chi connectivity index (χ2v) is 5.86. The molecule has 0 saturated carbocycles. The van der Waals surface area contributed by atoms with E-state index < -0.39 is 6.72 Å². The molecular weight excluding hydrogens is 263 g/mol. The van der Waals surface area contributed by atoms with Gasteiger partial charge < -0.3 is 18.3 Å². The second kappa shape index (κ2) is 6.66. The van der Waals surface area contributed by atoms with Gasteiger partial charge in [0.1, 0.15) is 6.61 Å². The fourth-order valence-corrected chi connectivity index (χ4v) is 1.70. The Morgan fingerprint density at radius 3 is 2.35 bits per heavy atom. The summed E-state index contributed by atoms with van der Waals surface area (Å²) in [7, 11) is 2.83. The maximum absolute atomic E-state index is 5.29. The van der Waals surface area contributed by atoms with E-state index >= 15 is 0 Å². The minimum absolute atomic E-state index is 0.225. The van der Waals surface area contributed by atoms with Crippen LogP contribution in [0.2, 0.25) is 0 Å². The third-order valence-corrected chi connectivity index (χ3v) is 4.04. The lowest BCUT2D eigenvalue weighted by Crippen LogP contribution is -2.01. The van der Waals surface area contributed by atoms with Gasteiger partial charge >= 0.3 is 6.72 Å². The van der Waals surface area contributed by atoms with Crippen LogP contribution in [-0.2, 0) is 20.9 Å². The highest BCUT2D eigenvalue weighted by atomic mass is 32.5. The van der Waals surface area contributed by atoms with Gasteiger partial charge in [0.25, 0.3) is 0 Å². The molecule has 0 bridgehead atoms. The Bertz CT molecular complexity index is 404. The van der Waals surface area contributed by atoms with Gasteiger partial charge in [-0.25, -0.2) is 0 Å². The fourth-order valence-electron chi connectivity index (χ4n) is 0.841. The summed E-state index contributed by atoms with van der Waals surface area (Å²) in [6.07, 6.45) is 1.61. The van der Waals surface area contributed by atoms with Crippen molar-refractivity contribution in [3.05, 3.63) is 24.8 Å². The van der Waals surface area contributed by atoms with E-state index in [2.05, 4.69) is 16.8 Å². The average Bonchev–Trinajstić information content (AvgIpc) is 2.38. The number of ether oxygens (including phenoxy) is 1. The quantitative estimate of drug-likeness (QED) is 0.557. The third-order valence-electron chi connectivity index (χ3n) is 1.62. The van der Waals surface area contributed by atoms with E-state index in [1.165, 1.54) is 14.2 Å². The number of rotatable bonds is 7. The summed E-state index contributed by atoms with van der Waals surface area (Å²) in [5.41, 5.74) is 0. The van der Waals surface area contributed by atoms with Crippen molar-refractivity contribution in [2.75, 3.05) is 20.8 Å². The summed E-state index contributed by atoms with van der Waals surface area (Å²) in [4.78, 5) is 0. The summed E-state index contributed by atoms with van der Waals surface area (Å²) >= 11 is 5.02. The van der Waals surface area contributed by atoms with Crippen molar-refractivity contribution >= 4 is 18.5 Å². The largest absolute Gasteiger partial charge is 0.472 e. The zero-order valence-corrected chi connectivity index (χ0v) is 11.2. The summed E-state index contributed by atoms with van der Waals surface area (Å²) < 4.78 is 20.4. The van der Waals surface area contributed by atoms with Crippen LogP contribution in [0, 0.1) is 0 Å². The van der Waals surface area contributed by atoms with Crippen molar-refractivity contribution in [3.8, 4) is 11.8 Å². The molecule has 0 atom stereocenters. The highest BCUT2D eigenvalue weighted by Crippen LogP contribution is 2.47. The van der Waals surface area contributed by atoms with Crippen molar-refractivity contribution in [2.45, 2.75) is 0 Å². The summed E-state index contributed by atoms with van der Waals surface area (Å²) in [5, 5.41) is 7.57. The first-order chi connectivity index (χ1) is 8.13. The summed E-state index contributed by atoms with van der Waals surface area (Å²) in [6.45, 7) is 1.12. The molecule has 0 aliphatic carbocycles. The van der Waals surface area contributed by atoms with Crippen LogP contribution in [-0.4, -0.2) is 31.0 Å². The molecule has 0 aliphatic rings. The van der Waals surface area contributed by atoms with Crippen LogP contribution in [0.25, 0.3) is 0 Å². The average molecular weight is 276 g/mol. The Balaban J connectivity index is 2.68. The van der Waals surface area contributed by atoms with E-state index in [0.29, 0.717) is 12.5 Å². The van der Waals surface area contributed by atoms with E-state index in [-0.39, 0.29) is 5.88 Å². The van der Waals surface area contributed by atoms with Crippen LogP contribution in [0.15, 0.2) is 24.8 Å². The van der Waals surface area contributed by atoms with Crippen LogP contribution >= 0.6 is 6.72 Å². The SMILES string of the molecule is C=CCOc1ccc(OP(=S)(OC)OC)nn1. The molecule has 0 spiro atoms. The van der Waals surface area contributed by atoms with E-state index in [1.807, 2.05) is 0 Å². The molecule has 94 valence electrons. The molecule has 0 unspecified atom stereocenters. The van der Waals surface area contributed by atoms with E-state index in [4.69, 9.17) is 30.1 Å². The smallest absolute Gasteiger partial charge is 0.381 e. The predicted octanol–water partition coefficient (Wildman–Crippen LogP) is 1.94. The number of nitrogens with zero attached hydrogens (tertiary/aromatic N) is 2. The van der Waals surface area contributed by atoms with Crippen molar-refractivity contribution in [1.29, 1.82) is 0 Å². The topological polar surface area (TPSA) is 62.7 Å². The number of hydrogen-bond donors (Lipinski definition) is 0. The molecule has 0 radical (unpaired) electrons. The second-order valence-electron chi connectivity index (χ2n) is 2.71. The first-order valence-electron chi connectivity index (χ1n) is 4.62. The van der Waals surface area contributed by atoms with E-state index in [9.17, 15) is 0 Å². The minimum atomic E-state index is -2.77. The molecule has 17 heavy (non-hydrogen) atoms. The van der Waals surface area contributed by atoms with Gasteiger partial charge in [0.05, 0.1) is 0 Å². The maximum atomic E-state index is 5.29. The van der Waals surface area contributed by atoms with Gasteiger partial charge in [0.15, 0.2) is 0 Å². The van der Waals surface area contributed by atoms with E-state index in [1.54, 1.807) is 18.2 Å². The molecular formula is C9H13N2O4PS. The number of hydrogen-bond acceptors (Lipinski definition) is 7. The fraction of sp³-hybridized carbons (Fsp3) is 0.333. The van der Waals surface area contributed by atoms with Gasteiger partial charge in [0, 0.05) is 38.2 Å². The Hall–Kier alpha value is -1.01. The monoisotopic (exact) mass is 276 g/mol. The van der Waals surface area contributed by atoms with Gasteiger partial charge in [-0.05, 0) is 0 Å². The van der Waals surface area contributed by atoms with Crippen LogP contribution in [0.1, 0.15) is 0 Å². The predicted molar refractivity (Wildman–Crippen MR) is 66.7 cm³/mol. The molecule has 0 fully saturated rings. The zero-order valence-electron chi connectivity index (χ0n) is 9.53. The highest BCUT2D eigenvalue weighted by molar-refractivity contribution is 8.07. The lowest BCUT2D eigenvalue weighted by atomic mass is 10.5. The Kier molecular flexibility index (Phi) is 5.50. The summed E-state index contributed by atoms with van der Waals surface area (Å²) in [6, 6.07) is 3.18. The Morgan fingerprint density at radius 1 is 1.29 bits per heavy atom. The Labute approximate surface area is 105 Å². The van der Waals surface area contributed by atoms with Gasteiger partial charge in [-0.3, -0.25) is 0 Å². The van der Waals surface area contributed by atoms with Gasteiger partial charge in [-0.2, -0.15) is 0 Å². The van der Waals surface area contributed by atoms with Crippen LogP contribution in [0.5, 0.6) is 11.8 Å². The Morgan fingerprint density at radius 2 is 1.88 bits per heavy atom. The molecule has 0 N–H and O–H groups in total. The lowest BCUT2D eigenvalue weighted by molar-refractivity contribution is 0.268. The van der Waals surface area contributed by atoms with Crippen LogP contribution in [0.3, 0.4) is 0 Å². The normalized spacial score (nSPS) is 10.9. The minimum Gasteiger partial charge on any atom is -0.472 e. The van der Waals surface area contributed by atoms with Crippen molar-refractivity contribution in [3.63, 3.8) is 0 Å². The maximum Gasteiger partial charge on any atom is 0.381 e. The van der Waals surface area contributed by atoms with Crippen LogP contribution in [0.4, 0.5) is 0 Å². The molecule has 0 saturated heterocycles. The molecule has 1 rings (SSSR count). The molecule has 0 aliphatic heterocycles. The van der Waals surface area contributed by atoms with Gasteiger partial charge in [0.2, 0.25) is 11.8 Å². The molecule has 0 amide bonds. The zero-order chi connectivity index (χ0) is 12.7. The van der Waals surface area contributed by atoms with Crippen LogP contribution < -0.4 is 9.26 Å². The third kappa shape index (κ3) is 4.40.